The van der Waals surface area contributed by atoms with Crippen LogP contribution in [0.3, 0.4) is 0 Å². The monoisotopic (exact) mass is 386 g/mol. The molecule has 2 amide bonds. The maximum Gasteiger partial charge on any atom is 0.242 e. The molecule has 2 heterocycles. The van der Waals surface area contributed by atoms with Crippen LogP contribution in [0, 0.1) is 17.3 Å². The second kappa shape index (κ2) is 6.27. The van der Waals surface area contributed by atoms with Gasteiger partial charge in [0.15, 0.2) is 0 Å². The highest BCUT2D eigenvalue weighted by atomic mass is 16.2. The predicted molar refractivity (Wildman–Crippen MR) is 102 cm³/mol. The van der Waals surface area contributed by atoms with Crippen molar-refractivity contribution in [1.82, 2.24) is 25.0 Å². The van der Waals surface area contributed by atoms with Crippen LogP contribution in [0.15, 0.2) is 12.7 Å². The minimum atomic E-state index is -0.433. The summed E-state index contributed by atoms with van der Waals surface area (Å²) in [5, 5.41) is 7.36. The summed E-state index contributed by atoms with van der Waals surface area (Å²) in [7, 11) is 0. The van der Waals surface area contributed by atoms with E-state index in [0.29, 0.717) is 31.3 Å². The molecule has 4 bridgehead atoms. The van der Waals surface area contributed by atoms with Crippen molar-refractivity contribution in [3.05, 3.63) is 12.7 Å². The van der Waals surface area contributed by atoms with Crippen LogP contribution in [0.25, 0.3) is 0 Å². The smallest absolute Gasteiger partial charge is 0.242 e. The zero-order chi connectivity index (χ0) is 19.5. The first-order chi connectivity index (χ1) is 13.4. The molecule has 1 aromatic rings. The third kappa shape index (κ3) is 2.60. The largest absolute Gasteiger partial charge is 0.355 e. The number of carbonyl (C=O) groups is 2. The van der Waals surface area contributed by atoms with Gasteiger partial charge in [0.25, 0.3) is 0 Å². The van der Waals surface area contributed by atoms with E-state index in [1.54, 1.807) is 11.2 Å². The molecule has 8 nitrogen and oxygen atoms in total. The fourth-order valence-electron chi connectivity index (χ4n) is 7.12. The lowest BCUT2D eigenvalue weighted by Crippen LogP contribution is -2.62. The molecule has 28 heavy (non-hydrogen) atoms. The molecule has 0 aromatic carbocycles. The van der Waals surface area contributed by atoms with E-state index < -0.39 is 6.04 Å². The van der Waals surface area contributed by atoms with Crippen molar-refractivity contribution >= 4 is 11.8 Å². The molecule has 6 atom stereocenters. The molecule has 3 N–H and O–H groups in total. The topological polar surface area (TPSA) is 106 Å². The molecule has 6 rings (SSSR count). The van der Waals surface area contributed by atoms with Gasteiger partial charge < -0.3 is 16.0 Å². The summed E-state index contributed by atoms with van der Waals surface area (Å²) in [5.74, 6) is 1.18. The molecule has 1 aromatic heterocycles. The summed E-state index contributed by atoms with van der Waals surface area (Å²) >= 11 is 0. The second-order valence-electron chi connectivity index (χ2n) is 9.67. The summed E-state index contributed by atoms with van der Waals surface area (Å²) in [6.45, 7) is 2.95. The number of hydrogen-bond acceptors (Lipinski definition) is 5. The zero-order valence-corrected chi connectivity index (χ0v) is 16.5. The van der Waals surface area contributed by atoms with Crippen molar-refractivity contribution in [2.24, 2.45) is 23.0 Å². The third-order valence-corrected chi connectivity index (χ3v) is 7.64. The summed E-state index contributed by atoms with van der Waals surface area (Å²) in [6.07, 6.45) is 10.0. The Kier molecular flexibility index (Phi) is 4.05. The highest BCUT2D eigenvalue weighted by Gasteiger charge is 2.63. The van der Waals surface area contributed by atoms with Gasteiger partial charge in [0.2, 0.25) is 11.8 Å². The SMILES string of the molecule is CCNC(=O)[C@@H]1C[C@@H](N)CN1C(=O)C12C[C@H]3C[C@@H](C1)CC(n1cncn1)(C3)C2. The molecule has 0 spiro atoms. The summed E-state index contributed by atoms with van der Waals surface area (Å²) < 4.78 is 2.02. The van der Waals surface area contributed by atoms with Crippen molar-refractivity contribution in [1.29, 1.82) is 0 Å². The number of likely N-dealkylation sites (N-methyl/N-ethyl adjacent to an activating group) is 1. The summed E-state index contributed by atoms with van der Waals surface area (Å²) in [5.41, 5.74) is 5.70. The first kappa shape index (κ1) is 18.1. The van der Waals surface area contributed by atoms with Gasteiger partial charge in [-0.05, 0) is 63.7 Å². The number of nitrogens with two attached hydrogens (primary N) is 1. The maximum absolute atomic E-state index is 13.9. The van der Waals surface area contributed by atoms with Gasteiger partial charge in [0.1, 0.15) is 18.7 Å². The Hall–Kier alpha value is -1.96. The van der Waals surface area contributed by atoms with E-state index in [2.05, 4.69) is 15.4 Å². The number of nitrogens with zero attached hydrogens (tertiary/aromatic N) is 4. The first-order valence-corrected chi connectivity index (χ1v) is 10.6. The average molecular weight is 387 g/mol. The Bertz CT molecular complexity index is 764. The van der Waals surface area contributed by atoms with E-state index in [9.17, 15) is 9.59 Å². The standard InChI is InChI=1S/C20H30N6O2/c1-2-23-17(27)16-4-15(21)9-25(16)18(28)19-5-13-3-14(6-19)8-20(7-13,10-19)26-12-22-11-24-26/h11-16H,2-10,21H2,1H3,(H,23,27)/t13-,14+,15-,16+,19?,20?/m1/s1. The molecule has 1 saturated heterocycles. The lowest BCUT2D eigenvalue weighted by atomic mass is 9.46. The van der Waals surface area contributed by atoms with Crippen molar-refractivity contribution in [3.8, 4) is 0 Å². The van der Waals surface area contributed by atoms with Gasteiger partial charge in [-0.1, -0.05) is 0 Å². The Morgan fingerprint density at radius 1 is 1.21 bits per heavy atom. The van der Waals surface area contributed by atoms with Crippen LogP contribution in [0.2, 0.25) is 0 Å². The lowest BCUT2D eigenvalue weighted by molar-refractivity contribution is -0.168. The van der Waals surface area contributed by atoms with Crippen LogP contribution >= 0.6 is 0 Å². The highest BCUT2D eigenvalue weighted by Crippen LogP contribution is 2.64. The Balaban J connectivity index is 1.47. The molecular weight excluding hydrogens is 356 g/mol. The van der Waals surface area contributed by atoms with Crippen LogP contribution in [-0.4, -0.2) is 56.7 Å². The molecule has 5 aliphatic rings. The van der Waals surface area contributed by atoms with Crippen molar-refractivity contribution in [2.45, 2.75) is 69.5 Å². The Morgan fingerprint density at radius 3 is 2.61 bits per heavy atom. The van der Waals surface area contributed by atoms with Crippen LogP contribution in [0.1, 0.15) is 51.9 Å². The van der Waals surface area contributed by atoms with Crippen LogP contribution in [-0.2, 0) is 15.1 Å². The fourth-order valence-corrected chi connectivity index (χ4v) is 7.12. The van der Waals surface area contributed by atoms with E-state index in [4.69, 9.17) is 5.73 Å². The molecule has 5 fully saturated rings. The van der Waals surface area contributed by atoms with Gasteiger partial charge in [0, 0.05) is 19.1 Å². The summed E-state index contributed by atoms with van der Waals surface area (Å²) in [4.78, 5) is 32.5. The van der Waals surface area contributed by atoms with Crippen LogP contribution in [0.4, 0.5) is 0 Å². The second-order valence-corrected chi connectivity index (χ2v) is 9.67. The molecule has 4 aliphatic carbocycles. The number of rotatable bonds is 4. The minimum absolute atomic E-state index is 0.0699. The zero-order valence-electron chi connectivity index (χ0n) is 16.5. The van der Waals surface area contributed by atoms with Crippen molar-refractivity contribution in [2.75, 3.05) is 13.1 Å². The molecule has 8 heteroatoms. The van der Waals surface area contributed by atoms with Crippen molar-refractivity contribution in [3.63, 3.8) is 0 Å². The maximum atomic E-state index is 13.9. The van der Waals surface area contributed by atoms with Crippen LogP contribution in [0.5, 0.6) is 0 Å². The number of likely N-dealkylation sites (tertiary alicyclic amines) is 1. The number of hydrogen-bond donors (Lipinski definition) is 2. The van der Waals surface area contributed by atoms with Gasteiger partial charge in [-0.25, -0.2) is 9.67 Å². The van der Waals surface area contributed by atoms with E-state index in [0.717, 1.165) is 32.1 Å². The molecule has 1 aliphatic heterocycles. The van der Waals surface area contributed by atoms with E-state index >= 15 is 0 Å². The molecule has 152 valence electrons. The number of carbonyl (C=O) groups excluding carboxylic acids is 2. The third-order valence-electron chi connectivity index (χ3n) is 7.64. The number of amides is 2. The van der Waals surface area contributed by atoms with E-state index in [-0.39, 0.29) is 28.8 Å². The van der Waals surface area contributed by atoms with Gasteiger partial charge >= 0.3 is 0 Å². The van der Waals surface area contributed by atoms with Gasteiger partial charge in [-0.2, -0.15) is 5.10 Å². The van der Waals surface area contributed by atoms with Gasteiger partial charge in [-0.15, -0.1) is 0 Å². The van der Waals surface area contributed by atoms with E-state index in [1.807, 2.05) is 17.9 Å². The van der Waals surface area contributed by atoms with Gasteiger partial charge in [-0.3, -0.25) is 9.59 Å². The first-order valence-electron chi connectivity index (χ1n) is 10.6. The summed E-state index contributed by atoms with van der Waals surface area (Å²) in [6, 6.07) is -0.562. The molecular formula is C20H30N6O2. The molecule has 2 unspecified atom stereocenters. The fraction of sp³-hybridized carbons (Fsp3) is 0.800. The Labute approximate surface area is 165 Å². The number of nitrogens with one attached hydrogen (secondary N) is 1. The quantitative estimate of drug-likeness (QED) is 0.790. The van der Waals surface area contributed by atoms with Gasteiger partial charge in [0.05, 0.1) is 11.0 Å². The molecule has 0 radical (unpaired) electrons. The predicted octanol–water partition coefficient (Wildman–Crippen LogP) is 0.638. The highest BCUT2D eigenvalue weighted by molar-refractivity contribution is 5.91. The van der Waals surface area contributed by atoms with Crippen molar-refractivity contribution < 1.29 is 9.59 Å². The minimum Gasteiger partial charge on any atom is -0.355 e. The number of aromatic nitrogens is 3. The van der Waals surface area contributed by atoms with E-state index in [1.165, 1.54) is 6.42 Å². The molecule has 4 saturated carbocycles. The average Bonchev–Trinajstić information content (AvgIpc) is 3.30. The lowest BCUT2D eigenvalue weighted by Gasteiger charge is -2.61. The van der Waals surface area contributed by atoms with Crippen LogP contribution < -0.4 is 11.1 Å². The normalized spacial score (nSPS) is 41.4. The Morgan fingerprint density at radius 2 is 1.96 bits per heavy atom.